The summed E-state index contributed by atoms with van der Waals surface area (Å²) in [6.45, 7) is 18.0. The minimum atomic E-state index is -0.816. The molecule has 0 radical (unpaired) electrons. The average Bonchev–Trinajstić information content (AvgIpc) is 3.08. The molecule has 2 unspecified atom stereocenters. The standard InChI is InChI=1S/C31H48O4/c1-20(2)23-12-13-26-25(29(23,5)17-16-27(32)35-8)15-19-30(6)24(14-18-31(26,30)7)21(3)10-9-11-22(4)28(33)34/h11,13,21,23-25H,1,9-10,12,14-19H2,2-8H3,(H,33,34)/b22-11-/t21-,23?,24-,25?,29-,30-,31+/m0/s1. The van der Waals surface area contributed by atoms with Gasteiger partial charge in [0.05, 0.1) is 7.11 Å². The Morgan fingerprint density at radius 3 is 2.51 bits per heavy atom. The van der Waals surface area contributed by atoms with Crippen LogP contribution >= 0.6 is 0 Å². The number of allylic oxidation sites excluding steroid dienone is 4. The van der Waals surface area contributed by atoms with Crippen molar-refractivity contribution >= 4 is 11.9 Å². The van der Waals surface area contributed by atoms with E-state index in [4.69, 9.17) is 4.74 Å². The fraction of sp³-hybridized carbons (Fsp3) is 0.742. The van der Waals surface area contributed by atoms with Gasteiger partial charge in [0, 0.05) is 12.0 Å². The van der Waals surface area contributed by atoms with Gasteiger partial charge in [-0.1, -0.05) is 57.6 Å². The lowest BCUT2D eigenvalue weighted by Crippen LogP contribution is -2.52. The van der Waals surface area contributed by atoms with Gasteiger partial charge in [-0.15, -0.1) is 0 Å². The van der Waals surface area contributed by atoms with Crippen LogP contribution in [0.25, 0.3) is 0 Å². The summed E-state index contributed by atoms with van der Waals surface area (Å²) in [5.74, 6) is 1.16. The lowest BCUT2D eigenvalue weighted by Gasteiger charge is -2.60. The molecule has 7 atom stereocenters. The van der Waals surface area contributed by atoms with E-state index in [1.165, 1.54) is 38.4 Å². The van der Waals surface area contributed by atoms with Crippen molar-refractivity contribution in [3.05, 3.63) is 35.5 Å². The van der Waals surface area contributed by atoms with E-state index in [2.05, 4.69) is 47.3 Å². The van der Waals surface area contributed by atoms with Gasteiger partial charge < -0.3 is 9.84 Å². The van der Waals surface area contributed by atoms with Gasteiger partial charge in [-0.05, 0) is 105 Å². The molecule has 0 bridgehead atoms. The van der Waals surface area contributed by atoms with Gasteiger partial charge in [0.1, 0.15) is 0 Å². The molecule has 0 aromatic rings. The number of fused-ring (bicyclic) bond motifs is 3. The number of carboxylic acid groups (broad SMARTS) is 1. The Kier molecular flexibility index (Phi) is 8.13. The van der Waals surface area contributed by atoms with Crippen LogP contribution in [0.1, 0.15) is 99.3 Å². The minimum Gasteiger partial charge on any atom is -0.478 e. The van der Waals surface area contributed by atoms with Crippen LogP contribution in [0.5, 0.6) is 0 Å². The van der Waals surface area contributed by atoms with Crippen LogP contribution in [0.3, 0.4) is 0 Å². The number of esters is 1. The third-order valence-electron chi connectivity index (χ3n) is 11.0. The average molecular weight is 485 g/mol. The molecule has 0 aromatic heterocycles. The Bertz CT molecular complexity index is 913. The second-order valence-corrected chi connectivity index (χ2v) is 12.6. The molecule has 2 saturated carbocycles. The van der Waals surface area contributed by atoms with Crippen molar-refractivity contribution in [1.82, 2.24) is 0 Å². The first kappa shape index (κ1) is 27.7. The topological polar surface area (TPSA) is 63.6 Å². The lowest BCUT2D eigenvalue weighted by molar-refractivity contribution is -0.142. The molecule has 3 aliphatic rings. The second-order valence-electron chi connectivity index (χ2n) is 12.6. The van der Waals surface area contributed by atoms with E-state index in [1.807, 2.05) is 6.08 Å². The van der Waals surface area contributed by atoms with E-state index in [1.54, 1.807) is 12.5 Å². The van der Waals surface area contributed by atoms with Crippen LogP contribution in [0.4, 0.5) is 0 Å². The van der Waals surface area contributed by atoms with Gasteiger partial charge in [0.15, 0.2) is 0 Å². The van der Waals surface area contributed by atoms with Crippen molar-refractivity contribution in [2.24, 2.45) is 39.9 Å². The summed E-state index contributed by atoms with van der Waals surface area (Å²) in [5.41, 5.74) is 3.78. The summed E-state index contributed by atoms with van der Waals surface area (Å²) >= 11 is 0. The molecule has 4 heteroatoms. The number of aliphatic carboxylic acids is 1. The second kappa shape index (κ2) is 10.3. The molecule has 196 valence electrons. The van der Waals surface area contributed by atoms with Crippen molar-refractivity contribution in [3.8, 4) is 0 Å². The van der Waals surface area contributed by atoms with Crippen LogP contribution in [-0.4, -0.2) is 24.2 Å². The molecule has 0 spiro atoms. The maximum atomic E-state index is 12.1. The van der Waals surface area contributed by atoms with Gasteiger partial charge in [0.2, 0.25) is 0 Å². The summed E-state index contributed by atoms with van der Waals surface area (Å²) in [4.78, 5) is 23.3. The quantitative estimate of drug-likeness (QED) is 0.206. The fourth-order valence-corrected chi connectivity index (χ4v) is 8.54. The van der Waals surface area contributed by atoms with Crippen LogP contribution < -0.4 is 0 Å². The van der Waals surface area contributed by atoms with Gasteiger partial charge in [-0.2, -0.15) is 0 Å². The molecule has 0 aliphatic heterocycles. The monoisotopic (exact) mass is 484 g/mol. The molecular formula is C31H48O4. The van der Waals surface area contributed by atoms with Gasteiger partial charge in [-0.25, -0.2) is 4.79 Å². The molecule has 3 aliphatic carbocycles. The summed E-state index contributed by atoms with van der Waals surface area (Å²) in [6, 6.07) is 0. The predicted molar refractivity (Wildman–Crippen MR) is 142 cm³/mol. The number of methoxy groups -OCH3 is 1. The fourth-order valence-electron chi connectivity index (χ4n) is 8.54. The van der Waals surface area contributed by atoms with Crippen molar-refractivity contribution in [3.63, 3.8) is 0 Å². The number of carbonyl (C=O) groups excluding carboxylic acids is 1. The first-order valence-electron chi connectivity index (χ1n) is 13.6. The van der Waals surface area contributed by atoms with Crippen LogP contribution in [-0.2, 0) is 14.3 Å². The zero-order chi connectivity index (χ0) is 26.2. The lowest BCUT2D eigenvalue weighted by atomic mass is 9.44. The highest BCUT2D eigenvalue weighted by molar-refractivity contribution is 5.85. The zero-order valence-corrected chi connectivity index (χ0v) is 23.2. The number of carbonyl (C=O) groups is 2. The molecule has 1 N–H and O–H groups in total. The number of hydrogen-bond acceptors (Lipinski definition) is 3. The largest absolute Gasteiger partial charge is 0.478 e. The Morgan fingerprint density at radius 1 is 1.23 bits per heavy atom. The molecule has 0 heterocycles. The van der Waals surface area contributed by atoms with E-state index in [-0.39, 0.29) is 22.2 Å². The van der Waals surface area contributed by atoms with E-state index in [0.29, 0.717) is 35.7 Å². The van der Waals surface area contributed by atoms with E-state index < -0.39 is 5.97 Å². The van der Waals surface area contributed by atoms with Crippen LogP contribution in [0, 0.1) is 39.9 Å². The minimum absolute atomic E-state index is 0.0251. The number of rotatable bonds is 9. The number of ether oxygens (including phenoxy) is 1. The first-order chi connectivity index (χ1) is 16.3. The normalized spacial score (nSPS) is 37.6. The third-order valence-corrected chi connectivity index (χ3v) is 11.0. The molecule has 35 heavy (non-hydrogen) atoms. The van der Waals surface area contributed by atoms with E-state index >= 15 is 0 Å². The maximum absolute atomic E-state index is 12.1. The number of hydrogen-bond donors (Lipinski definition) is 1. The van der Waals surface area contributed by atoms with Crippen molar-refractivity contribution in [2.75, 3.05) is 7.11 Å². The van der Waals surface area contributed by atoms with Crippen molar-refractivity contribution in [1.29, 1.82) is 0 Å². The molecule has 4 nitrogen and oxygen atoms in total. The zero-order valence-electron chi connectivity index (χ0n) is 23.2. The molecule has 0 aromatic carbocycles. The van der Waals surface area contributed by atoms with Crippen molar-refractivity contribution in [2.45, 2.75) is 99.3 Å². The summed E-state index contributed by atoms with van der Waals surface area (Å²) < 4.78 is 5.01. The summed E-state index contributed by atoms with van der Waals surface area (Å²) in [7, 11) is 1.48. The van der Waals surface area contributed by atoms with Crippen LogP contribution in [0.2, 0.25) is 0 Å². The van der Waals surface area contributed by atoms with Crippen molar-refractivity contribution < 1.29 is 19.4 Å². The van der Waals surface area contributed by atoms with E-state index in [9.17, 15) is 14.7 Å². The Labute approximate surface area is 213 Å². The highest BCUT2D eigenvalue weighted by Gasteiger charge is 2.63. The van der Waals surface area contributed by atoms with Gasteiger partial charge in [0.25, 0.3) is 0 Å². The van der Waals surface area contributed by atoms with Crippen LogP contribution in [0.15, 0.2) is 35.5 Å². The van der Waals surface area contributed by atoms with Gasteiger partial charge >= 0.3 is 11.9 Å². The first-order valence-corrected chi connectivity index (χ1v) is 13.6. The molecule has 0 saturated heterocycles. The third kappa shape index (κ3) is 4.79. The Balaban J connectivity index is 1.86. The molecule has 3 rings (SSSR count). The summed E-state index contributed by atoms with van der Waals surface area (Å²) in [6.07, 6.45) is 13.5. The summed E-state index contributed by atoms with van der Waals surface area (Å²) in [5, 5.41) is 9.17. The molecule has 2 fully saturated rings. The molecular weight excluding hydrogens is 436 g/mol. The predicted octanol–water partition coefficient (Wildman–Crippen LogP) is 7.75. The Hall–Kier alpha value is -1.84. The Morgan fingerprint density at radius 2 is 1.91 bits per heavy atom. The SMILES string of the molecule is C=C(C)C1CC=C2C(CC[C@@]3(C)[C@H]([C@@H](C)CC/C=C(/C)C(=O)O)CC[C@]23C)[C@@]1(C)CCC(=O)OC. The maximum Gasteiger partial charge on any atom is 0.330 e. The smallest absolute Gasteiger partial charge is 0.330 e. The highest BCUT2D eigenvalue weighted by atomic mass is 16.5. The number of carboxylic acids is 1. The molecule has 0 amide bonds. The van der Waals surface area contributed by atoms with Gasteiger partial charge in [-0.3, -0.25) is 4.79 Å². The van der Waals surface area contributed by atoms with E-state index in [0.717, 1.165) is 25.7 Å². The highest BCUT2D eigenvalue weighted by Crippen LogP contribution is 2.72.